The second-order valence-corrected chi connectivity index (χ2v) is 12.7. The summed E-state index contributed by atoms with van der Waals surface area (Å²) in [7, 11) is -6.16. The summed E-state index contributed by atoms with van der Waals surface area (Å²) in [5.41, 5.74) is 1.87. The van der Waals surface area contributed by atoms with Crippen molar-refractivity contribution >= 4 is 48.5 Å². The van der Waals surface area contributed by atoms with Crippen molar-refractivity contribution in [2.75, 3.05) is 29.8 Å². The van der Waals surface area contributed by atoms with E-state index in [1.165, 1.54) is 35.6 Å². The Bertz CT molecular complexity index is 1020. The largest absolute Gasteiger partial charge is 0.236 e. The third kappa shape index (κ3) is 7.60. The molecule has 2 rings (SSSR count). The molecule has 7 nitrogen and oxygen atoms in total. The summed E-state index contributed by atoms with van der Waals surface area (Å²) in [5, 5.41) is 4.39. The molecule has 0 fully saturated rings. The Balaban J connectivity index is 2.29. The maximum atomic E-state index is 11.5. The van der Waals surface area contributed by atoms with Gasteiger partial charge in [-0.1, -0.05) is 40.8 Å². The summed E-state index contributed by atoms with van der Waals surface area (Å²) < 4.78 is 47.7. The molecule has 2 aromatic rings. The molecule has 0 saturated carbocycles. The molecule has 0 unspecified atom stereocenters. The lowest BCUT2D eigenvalue weighted by atomic mass is 10.2. The summed E-state index contributed by atoms with van der Waals surface area (Å²) in [6.07, 6.45) is 2.37. The highest BCUT2D eigenvalue weighted by Crippen LogP contribution is 2.19. The fraction of sp³-hybridized carbons (Fsp3) is 0.467. The molecule has 11 heteroatoms. The van der Waals surface area contributed by atoms with Crippen LogP contribution in [0.4, 0.5) is 5.69 Å². The predicted octanol–water partition coefficient (Wildman–Crippen LogP) is 1.67. The van der Waals surface area contributed by atoms with E-state index >= 15 is 0 Å². The standard InChI is InChI=1S/C15H21N3O4S4/c1-12-4-6-13(7-5-12)16-14-18(8-10-25(2,19)20)17-15(24-14)23-9-11-26(3,21)22/h4-7H,8-11H2,1-3H3. The highest BCUT2D eigenvalue weighted by molar-refractivity contribution is 8.02. The predicted molar refractivity (Wildman–Crippen MR) is 107 cm³/mol. The van der Waals surface area contributed by atoms with Crippen molar-refractivity contribution in [3.05, 3.63) is 34.6 Å². The Morgan fingerprint density at radius 3 is 2.27 bits per heavy atom. The highest BCUT2D eigenvalue weighted by atomic mass is 32.2. The second-order valence-electron chi connectivity index (χ2n) is 5.93. The molecular formula is C15H21N3O4S4. The lowest BCUT2D eigenvalue weighted by Crippen LogP contribution is -2.21. The topological polar surface area (TPSA) is 98.5 Å². The van der Waals surface area contributed by atoms with Gasteiger partial charge in [-0.25, -0.2) is 26.5 Å². The van der Waals surface area contributed by atoms with Gasteiger partial charge in [0.05, 0.1) is 23.7 Å². The third-order valence-corrected chi connectivity index (χ3v) is 7.42. The van der Waals surface area contributed by atoms with Crippen LogP contribution in [0, 0.1) is 6.92 Å². The number of sulfone groups is 2. The molecule has 26 heavy (non-hydrogen) atoms. The third-order valence-electron chi connectivity index (χ3n) is 3.21. The minimum absolute atomic E-state index is 0.0364. The maximum absolute atomic E-state index is 11.5. The van der Waals surface area contributed by atoms with Gasteiger partial charge < -0.3 is 0 Å². The van der Waals surface area contributed by atoms with Gasteiger partial charge in [-0.3, -0.25) is 0 Å². The number of aryl methyl sites for hydroxylation is 2. The molecule has 0 aliphatic carbocycles. The summed E-state index contributed by atoms with van der Waals surface area (Å²) in [4.78, 5) is 5.14. The van der Waals surface area contributed by atoms with E-state index in [4.69, 9.17) is 0 Å². The van der Waals surface area contributed by atoms with E-state index in [2.05, 4.69) is 10.1 Å². The van der Waals surface area contributed by atoms with Crippen LogP contribution in [0.1, 0.15) is 5.56 Å². The van der Waals surface area contributed by atoms with Gasteiger partial charge in [0.2, 0.25) is 4.80 Å². The molecular weight excluding hydrogens is 414 g/mol. The van der Waals surface area contributed by atoms with Crippen LogP contribution in [0.2, 0.25) is 0 Å². The molecule has 1 aromatic carbocycles. The van der Waals surface area contributed by atoms with Crippen molar-refractivity contribution < 1.29 is 16.8 Å². The van der Waals surface area contributed by atoms with Crippen LogP contribution < -0.4 is 4.80 Å². The van der Waals surface area contributed by atoms with Crippen molar-refractivity contribution in [3.63, 3.8) is 0 Å². The van der Waals surface area contributed by atoms with Crippen LogP contribution in [0.5, 0.6) is 0 Å². The summed E-state index contributed by atoms with van der Waals surface area (Å²) >= 11 is 2.64. The van der Waals surface area contributed by atoms with E-state index in [1.54, 1.807) is 4.68 Å². The van der Waals surface area contributed by atoms with Crippen LogP contribution in [-0.2, 0) is 26.2 Å². The van der Waals surface area contributed by atoms with Crippen molar-refractivity contribution in [3.8, 4) is 0 Å². The molecule has 0 bridgehead atoms. The van der Waals surface area contributed by atoms with Crippen LogP contribution in [-0.4, -0.2) is 56.4 Å². The van der Waals surface area contributed by atoms with Gasteiger partial charge in [0.1, 0.15) is 19.7 Å². The molecule has 0 spiro atoms. The van der Waals surface area contributed by atoms with Crippen molar-refractivity contribution in [2.45, 2.75) is 17.8 Å². The molecule has 0 aliphatic rings. The molecule has 1 aromatic heterocycles. The molecule has 0 atom stereocenters. The average molecular weight is 436 g/mol. The Kier molecular flexibility index (Phi) is 7.05. The molecule has 144 valence electrons. The number of aromatic nitrogens is 2. The first-order chi connectivity index (χ1) is 12.0. The van der Waals surface area contributed by atoms with E-state index in [0.717, 1.165) is 11.3 Å². The monoisotopic (exact) mass is 435 g/mol. The van der Waals surface area contributed by atoms with Crippen LogP contribution >= 0.6 is 23.1 Å². The van der Waals surface area contributed by atoms with E-state index in [-0.39, 0.29) is 18.1 Å². The Hall–Kier alpha value is -1.17. The van der Waals surface area contributed by atoms with E-state index < -0.39 is 19.7 Å². The minimum atomic E-state index is -3.13. The van der Waals surface area contributed by atoms with Crippen LogP contribution in [0.15, 0.2) is 33.6 Å². The molecule has 0 aliphatic heterocycles. The van der Waals surface area contributed by atoms with Gasteiger partial charge >= 0.3 is 0 Å². The van der Waals surface area contributed by atoms with Crippen LogP contribution in [0.3, 0.4) is 0 Å². The number of nitrogens with zero attached hydrogens (tertiary/aromatic N) is 3. The average Bonchev–Trinajstić information content (AvgIpc) is 2.87. The molecule has 0 N–H and O–H groups in total. The van der Waals surface area contributed by atoms with Crippen LogP contribution in [0.25, 0.3) is 0 Å². The van der Waals surface area contributed by atoms with Gasteiger partial charge in [0, 0.05) is 18.3 Å². The van der Waals surface area contributed by atoms with E-state index in [0.29, 0.717) is 14.9 Å². The number of thioether (sulfide) groups is 1. The van der Waals surface area contributed by atoms with Crippen molar-refractivity contribution in [1.29, 1.82) is 0 Å². The first kappa shape index (κ1) is 21.1. The second kappa shape index (κ2) is 8.68. The number of benzene rings is 1. The first-order valence-electron chi connectivity index (χ1n) is 7.69. The van der Waals surface area contributed by atoms with Gasteiger partial charge in [0.25, 0.3) is 0 Å². The molecule has 1 heterocycles. The van der Waals surface area contributed by atoms with Gasteiger partial charge in [-0.05, 0) is 19.1 Å². The molecule has 0 saturated heterocycles. The number of rotatable bonds is 8. The SMILES string of the molecule is Cc1ccc(N=c2sc(SCCS(C)(=O)=O)nn2CCS(C)(=O)=O)cc1. The quantitative estimate of drug-likeness (QED) is 0.585. The Morgan fingerprint density at radius 2 is 1.69 bits per heavy atom. The zero-order valence-corrected chi connectivity index (χ0v) is 18.0. The normalized spacial score (nSPS) is 13.3. The van der Waals surface area contributed by atoms with Crippen molar-refractivity contribution in [1.82, 2.24) is 9.78 Å². The van der Waals surface area contributed by atoms with Crippen molar-refractivity contribution in [2.24, 2.45) is 4.99 Å². The first-order valence-corrected chi connectivity index (χ1v) is 13.6. The summed E-state index contributed by atoms with van der Waals surface area (Å²) in [6.45, 7) is 2.19. The molecule has 0 amide bonds. The van der Waals surface area contributed by atoms with E-state index in [1.807, 2.05) is 31.2 Å². The maximum Gasteiger partial charge on any atom is 0.209 e. The lowest BCUT2D eigenvalue weighted by Gasteiger charge is -2.00. The van der Waals surface area contributed by atoms with Gasteiger partial charge in [0.15, 0.2) is 4.34 Å². The summed E-state index contributed by atoms with van der Waals surface area (Å²) in [5.74, 6) is 0.415. The zero-order chi connectivity index (χ0) is 19.4. The zero-order valence-electron chi connectivity index (χ0n) is 14.7. The number of hydrogen-bond acceptors (Lipinski definition) is 8. The Morgan fingerprint density at radius 1 is 1.08 bits per heavy atom. The fourth-order valence-electron chi connectivity index (χ4n) is 1.84. The smallest absolute Gasteiger partial charge is 0.209 e. The number of hydrogen-bond donors (Lipinski definition) is 0. The highest BCUT2D eigenvalue weighted by Gasteiger charge is 2.10. The van der Waals surface area contributed by atoms with Gasteiger partial charge in [-0.2, -0.15) is 5.10 Å². The minimum Gasteiger partial charge on any atom is -0.236 e. The summed E-state index contributed by atoms with van der Waals surface area (Å²) in [6, 6.07) is 7.66. The molecule has 0 radical (unpaired) electrons. The van der Waals surface area contributed by atoms with Gasteiger partial charge in [-0.15, -0.1) is 0 Å². The Labute approximate surface area is 162 Å². The lowest BCUT2D eigenvalue weighted by molar-refractivity contribution is 0.575. The fourth-order valence-corrected chi connectivity index (χ4v) is 5.61. The van der Waals surface area contributed by atoms with E-state index in [9.17, 15) is 16.8 Å².